The van der Waals surface area contributed by atoms with Crippen molar-refractivity contribution in [3.8, 4) is 0 Å². The van der Waals surface area contributed by atoms with Crippen LogP contribution in [0.3, 0.4) is 0 Å². The smallest absolute Gasteiger partial charge is 0.0900 e. The van der Waals surface area contributed by atoms with E-state index in [-0.39, 0.29) is 0 Å². The van der Waals surface area contributed by atoms with Crippen LogP contribution >= 0.6 is 11.3 Å². The normalized spacial score (nSPS) is 15.8. The number of nitrogens with zero attached hydrogens (tertiary/aromatic N) is 1. The van der Waals surface area contributed by atoms with E-state index in [2.05, 4.69) is 42.2 Å². The molecule has 1 saturated carbocycles. The van der Waals surface area contributed by atoms with Gasteiger partial charge in [0, 0.05) is 24.0 Å². The SMILES string of the molecule is CCc1ccc(CN(CC(O)COCc2cccs2)C2CC2)cc1. The second kappa shape index (κ2) is 8.77. The summed E-state index contributed by atoms with van der Waals surface area (Å²) in [5.74, 6) is 0. The summed E-state index contributed by atoms with van der Waals surface area (Å²) in [6, 6.07) is 13.6. The molecule has 1 unspecified atom stereocenters. The van der Waals surface area contributed by atoms with E-state index < -0.39 is 6.10 Å². The minimum absolute atomic E-state index is 0.399. The third-order valence-electron chi connectivity index (χ3n) is 4.46. The van der Waals surface area contributed by atoms with Gasteiger partial charge in [0.1, 0.15) is 0 Å². The molecule has 1 aliphatic carbocycles. The van der Waals surface area contributed by atoms with E-state index in [0.717, 1.165) is 13.0 Å². The molecule has 24 heavy (non-hydrogen) atoms. The Labute approximate surface area is 148 Å². The van der Waals surface area contributed by atoms with Crippen molar-refractivity contribution in [2.75, 3.05) is 13.2 Å². The summed E-state index contributed by atoms with van der Waals surface area (Å²) in [5, 5.41) is 12.4. The van der Waals surface area contributed by atoms with Gasteiger partial charge >= 0.3 is 0 Å². The molecule has 0 amide bonds. The number of ether oxygens (including phenoxy) is 1. The molecule has 1 atom stereocenters. The molecule has 1 aromatic heterocycles. The van der Waals surface area contributed by atoms with E-state index in [1.807, 2.05) is 11.4 Å². The van der Waals surface area contributed by atoms with Crippen LogP contribution in [0.2, 0.25) is 0 Å². The monoisotopic (exact) mass is 345 g/mol. The predicted octanol–water partition coefficient (Wildman–Crippen LogP) is 3.85. The number of rotatable bonds is 10. The first-order valence-corrected chi connectivity index (χ1v) is 9.72. The molecular formula is C20H27NO2S. The van der Waals surface area contributed by atoms with Gasteiger partial charge in [0.05, 0.1) is 19.3 Å². The number of thiophene rings is 1. The molecule has 1 fully saturated rings. The molecule has 3 nitrogen and oxygen atoms in total. The summed E-state index contributed by atoms with van der Waals surface area (Å²) in [4.78, 5) is 3.61. The molecule has 130 valence electrons. The first-order chi connectivity index (χ1) is 11.7. The molecule has 1 aliphatic rings. The van der Waals surface area contributed by atoms with Crippen LogP contribution < -0.4 is 0 Å². The van der Waals surface area contributed by atoms with Gasteiger partial charge in [0.25, 0.3) is 0 Å². The first-order valence-electron chi connectivity index (χ1n) is 8.84. The van der Waals surface area contributed by atoms with Gasteiger partial charge in [0.2, 0.25) is 0 Å². The lowest BCUT2D eigenvalue weighted by atomic mass is 10.1. The topological polar surface area (TPSA) is 32.7 Å². The minimum Gasteiger partial charge on any atom is -0.389 e. The lowest BCUT2D eigenvalue weighted by molar-refractivity contribution is 0.00781. The highest BCUT2D eigenvalue weighted by molar-refractivity contribution is 7.09. The Bertz CT molecular complexity index is 593. The fourth-order valence-electron chi connectivity index (χ4n) is 2.91. The van der Waals surface area contributed by atoms with E-state index in [0.29, 0.717) is 25.8 Å². The molecule has 0 spiro atoms. The number of hydrogen-bond donors (Lipinski definition) is 1. The highest BCUT2D eigenvalue weighted by Gasteiger charge is 2.30. The second-order valence-electron chi connectivity index (χ2n) is 6.58. The Morgan fingerprint density at radius 3 is 2.58 bits per heavy atom. The molecule has 1 aromatic carbocycles. The van der Waals surface area contributed by atoms with E-state index in [9.17, 15) is 5.11 Å². The van der Waals surface area contributed by atoms with Crippen LogP contribution in [0.25, 0.3) is 0 Å². The lowest BCUT2D eigenvalue weighted by Gasteiger charge is -2.25. The average molecular weight is 346 g/mol. The molecule has 2 aromatic rings. The summed E-state index contributed by atoms with van der Waals surface area (Å²) >= 11 is 1.69. The van der Waals surface area contributed by atoms with Gasteiger partial charge in [-0.05, 0) is 41.8 Å². The molecule has 3 rings (SSSR count). The third-order valence-corrected chi connectivity index (χ3v) is 5.31. The van der Waals surface area contributed by atoms with Crippen LogP contribution in [0.5, 0.6) is 0 Å². The molecule has 4 heteroatoms. The van der Waals surface area contributed by atoms with E-state index in [1.54, 1.807) is 11.3 Å². The van der Waals surface area contributed by atoms with Crippen molar-refractivity contribution >= 4 is 11.3 Å². The third kappa shape index (κ3) is 5.42. The number of benzene rings is 1. The lowest BCUT2D eigenvalue weighted by Crippen LogP contribution is -2.36. The Morgan fingerprint density at radius 1 is 1.21 bits per heavy atom. The van der Waals surface area contributed by atoms with Gasteiger partial charge in [-0.1, -0.05) is 37.3 Å². The van der Waals surface area contributed by atoms with Crippen LogP contribution in [0.15, 0.2) is 41.8 Å². The van der Waals surface area contributed by atoms with Gasteiger partial charge in [-0.25, -0.2) is 0 Å². The van der Waals surface area contributed by atoms with Crippen molar-refractivity contribution in [3.05, 3.63) is 57.8 Å². The summed E-state index contributed by atoms with van der Waals surface area (Å²) in [6.45, 7) is 4.77. The van der Waals surface area contributed by atoms with Crippen molar-refractivity contribution in [3.63, 3.8) is 0 Å². The van der Waals surface area contributed by atoms with Crippen LogP contribution in [0.1, 0.15) is 35.8 Å². The van der Waals surface area contributed by atoms with Gasteiger partial charge in [0.15, 0.2) is 0 Å². The molecule has 0 radical (unpaired) electrons. The largest absolute Gasteiger partial charge is 0.389 e. The Kier molecular flexibility index (Phi) is 6.44. The molecular weight excluding hydrogens is 318 g/mol. The maximum Gasteiger partial charge on any atom is 0.0900 e. The van der Waals surface area contributed by atoms with E-state index in [1.165, 1.54) is 28.8 Å². The molecule has 0 saturated heterocycles. The fourth-order valence-corrected chi connectivity index (χ4v) is 3.55. The minimum atomic E-state index is -0.430. The standard InChI is InChI=1S/C20H27NO2S/c1-2-16-5-7-17(8-6-16)12-21(18-9-10-18)13-19(22)14-23-15-20-4-3-11-24-20/h3-8,11,18-19,22H,2,9-10,12-15H2,1H3. The van der Waals surface area contributed by atoms with Crippen LogP contribution in [0, 0.1) is 0 Å². The van der Waals surface area contributed by atoms with Crippen LogP contribution in [0.4, 0.5) is 0 Å². The zero-order valence-corrected chi connectivity index (χ0v) is 15.2. The number of aryl methyl sites for hydroxylation is 1. The summed E-state index contributed by atoms with van der Waals surface area (Å²) in [7, 11) is 0. The van der Waals surface area contributed by atoms with Crippen LogP contribution in [-0.4, -0.2) is 35.3 Å². The van der Waals surface area contributed by atoms with Gasteiger partial charge < -0.3 is 9.84 Å². The Balaban J connectivity index is 1.46. The van der Waals surface area contributed by atoms with Crippen molar-refractivity contribution in [1.82, 2.24) is 4.90 Å². The van der Waals surface area contributed by atoms with Crippen molar-refractivity contribution in [1.29, 1.82) is 0 Å². The molecule has 0 aliphatic heterocycles. The predicted molar refractivity (Wildman–Crippen MR) is 99.2 cm³/mol. The van der Waals surface area contributed by atoms with E-state index >= 15 is 0 Å². The van der Waals surface area contributed by atoms with Gasteiger partial charge in [-0.2, -0.15) is 0 Å². The number of aliphatic hydroxyl groups is 1. The number of hydrogen-bond acceptors (Lipinski definition) is 4. The first kappa shape index (κ1) is 17.6. The Hall–Kier alpha value is -1.20. The summed E-state index contributed by atoms with van der Waals surface area (Å²) < 4.78 is 5.66. The van der Waals surface area contributed by atoms with Gasteiger partial charge in [-0.15, -0.1) is 11.3 Å². The second-order valence-corrected chi connectivity index (χ2v) is 7.61. The van der Waals surface area contributed by atoms with Gasteiger partial charge in [-0.3, -0.25) is 4.90 Å². The zero-order valence-electron chi connectivity index (χ0n) is 14.4. The quantitative estimate of drug-likeness (QED) is 0.710. The zero-order chi connectivity index (χ0) is 16.8. The highest BCUT2D eigenvalue weighted by atomic mass is 32.1. The molecule has 0 bridgehead atoms. The average Bonchev–Trinajstić information content (AvgIpc) is 3.32. The summed E-state index contributed by atoms with van der Waals surface area (Å²) in [5.41, 5.74) is 2.70. The maximum atomic E-state index is 10.3. The number of aliphatic hydroxyl groups excluding tert-OH is 1. The van der Waals surface area contributed by atoms with Crippen molar-refractivity contribution in [2.45, 2.75) is 51.5 Å². The van der Waals surface area contributed by atoms with Crippen molar-refractivity contribution in [2.24, 2.45) is 0 Å². The summed E-state index contributed by atoms with van der Waals surface area (Å²) in [6.07, 6.45) is 3.14. The highest BCUT2D eigenvalue weighted by Crippen LogP contribution is 2.28. The molecule has 1 N–H and O–H groups in total. The fraction of sp³-hybridized carbons (Fsp3) is 0.500. The molecule has 1 heterocycles. The maximum absolute atomic E-state index is 10.3. The van der Waals surface area contributed by atoms with E-state index in [4.69, 9.17) is 4.74 Å². The van der Waals surface area contributed by atoms with Crippen LogP contribution in [-0.2, 0) is 24.3 Å². The Morgan fingerprint density at radius 2 is 1.96 bits per heavy atom. The van der Waals surface area contributed by atoms with Crippen molar-refractivity contribution < 1.29 is 9.84 Å².